The van der Waals surface area contributed by atoms with Crippen molar-refractivity contribution in [1.82, 2.24) is 5.32 Å². The van der Waals surface area contributed by atoms with E-state index in [9.17, 15) is 9.59 Å². The molecule has 2 amide bonds. The third kappa shape index (κ3) is 4.59. The number of anilines is 1. The second-order valence-corrected chi connectivity index (χ2v) is 8.16. The highest BCUT2D eigenvalue weighted by molar-refractivity contribution is 8.00. The molecule has 1 heterocycles. The zero-order chi connectivity index (χ0) is 18.5. The second kappa shape index (κ2) is 8.60. The van der Waals surface area contributed by atoms with Gasteiger partial charge >= 0.3 is 0 Å². The van der Waals surface area contributed by atoms with Crippen molar-refractivity contribution in [3.05, 3.63) is 59.1 Å². The van der Waals surface area contributed by atoms with Crippen molar-refractivity contribution in [2.75, 3.05) is 18.0 Å². The molecule has 2 aromatic carbocycles. The summed E-state index contributed by atoms with van der Waals surface area (Å²) in [5, 5.41) is 3.86. The molecule has 1 aliphatic heterocycles. The molecule has 6 heteroatoms. The van der Waals surface area contributed by atoms with E-state index in [2.05, 4.69) is 18.3 Å². The monoisotopic (exact) mass is 388 g/mol. The maximum Gasteiger partial charge on any atom is 0.251 e. The van der Waals surface area contributed by atoms with Crippen LogP contribution in [0.2, 0.25) is 5.02 Å². The van der Waals surface area contributed by atoms with Gasteiger partial charge in [-0.15, -0.1) is 11.8 Å². The lowest BCUT2D eigenvalue weighted by Gasteiger charge is -2.22. The molecule has 0 radical (unpaired) electrons. The number of nitrogens with zero attached hydrogens (tertiary/aromatic N) is 1. The number of para-hydroxylation sites is 1. The Labute approximate surface area is 162 Å². The maximum absolute atomic E-state index is 12.7. The highest BCUT2D eigenvalue weighted by Gasteiger charge is 2.23. The molecule has 0 aliphatic carbocycles. The van der Waals surface area contributed by atoms with Crippen LogP contribution in [0.15, 0.2) is 53.4 Å². The van der Waals surface area contributed by atoms with Gasteiger partial charge in [-0.1, -0.05) is 30.7 Å². The summed E-state index contributed by atoms with van der Waals surface area (Å²) in [5.74, 6) is -0.168. The van der Waals surface area contributed by atoms with Gasteiger partial charge in [-0.2, -0.15) is 0 Å². The molecule has 1 N–H and O–H groups in total. The van der Waals surface area contributed by atoms with E-state index in [1.807, 2.05) is 23.1 Å². The Kier molecular flexibility index (Phi) is 6.22. The third-order valence-electron chi connectivity index (χ3n) is 4.28. The number of fused-ring (bicyclic) bond motifs is 1. The van der Waals surface area contributed by atoms with Gasteiger partial charge in [0.05, 0.1) is 5.69 Å². The lowest BCUT2D eigenvalue weighted by Crippen LogP contribution is -2.35. The van der Waals surface area contributed by atoms with Crippen molar-refractivity contribution < 1.29 is 9.59 Å². The number of carbonyl (C=O) groups is 2. The van der Waals surface area contributed by atoms with Crippen molar-refractivity contribution in [2.24, 2.45) is 0 Å². The number of thioether (sulfide) groups is 1. The molecule has 136 valence electrons. The molecule has 0 saturated heterocycles. The fourth-order valence-corrected chi connectivity index (χ4v) is 4.11. The van der Waals surface area contributed by atoms with Crippen LogP contribution in [-0.2, 0) is 4.79 Å². The Balaban J connectivity index is 1.59. The smallest absolute Gasteiger partial charge is 0.251 e. The Bertz CT molecular complexity index is 795. The summed E-state index contributed by atoms with van der Waals surface area (Å²) in [7, 11) is 0. The van der Waals surface area contributed by atoms with Crippen LogP contribution in [0, 0.1) is 0 Å². The number of benzene rings is 2. The number of amides is 2. The summed E-state index contributed by atoms with van der Waals surface area (Å²) >= 11 is 7.64. The first-order valence-electron chi connectivity index (χ1n) is 8.64. The van der Waals surface area contributed by atoms with Gasteiger partial charge < -0.3 is 10.2 Å². The fraction of sp³-hybridized carbons (Fsp3) is 0.300. The molecule has 0 fully saturated rings. The Morgan fingerprint density at radius 2 is 1.92 bits per heavy atom. The molecule has 4 nitrogen and oxygen atoms in total. The van der Waals surface area contributed by atoms with Gasteiger partial charge in [-0.25, -0.2) is 0 Å². The molecule has 0 unspecified atom stereocenters. The van der Waals surface area contributed by atoms with Crippen molar-refractivity contribution in [1.29, 1.82) is 0 Å². The lowest BCUT2D eigenvalue weighted by atomic mass is 10.2. The normalized spacial score (nSPS) is 16.5. The van der Waals surface area contributed by atoms with Crippen molar-refractivity contribution in [2.45, 2.75) is 29.9 Å². The van der Waals surface area contributed by atoms with Gasteiger partial charge in [-0.05, 0) is 42.8 Å². The van der Waals surface area contributed by atoms with Gasteiger partial charge in [0.15, 0.2) is 0 Å². The molecule has 2 aromatic rings. The number of halogens is 1. The van der Waals surface area contributed by atoms with Crippen LogP contribution in [0.4, 0.5) is 5.69 Å². The topological polar surface area (TPSA) is 49.4 Å². The van der Waals surface area contributed by atoms with E-state index >= 15 is 0 Å². The highest BCUT2D eigenvalue weighted by atomic mass is 35.5. The maximum atomic E-state index is 12.7. The summed E-state index contributed by atoms with van der Waals surface area (Å²) in [6, 6.07) is 14.7. The molecular weight excluding hydrogens is 368 g/mol. The average molecular weight is 389 g/mol. The summed E-state index contributed by atoms with van der Waals surface area (Å²) in [6.07, 6.45) is 1.22. The van der Waals surface area contributed by atoms with E-state index in [1.165, 1.54) is 0 Å². The van der Waals surface area contributed by atoms with E-state index in [0.29, 0.717) is 28.9 Å². The van der Waals surface area contributed by atoms with Crippen LogP contribution < -0.4 is 10.2 Å². The van der Waals surface area contributed by atoms with E-state index < -0.39 is 0 Å². The van der Waals surface area contributed by atoms with Crippen LogP contribution in [0.25, 0.3) is 0 Å². The molecule has 0 saturated carbocycles. The zero-order valence-electron chi connectivity index (χ0n) is 14.6. The summed E-state index contributed by atoms with van der Waals surface area (Å²) in [6.45, 7) is 3.19. The first-order chi connectivity index (χ1) is 12.5. The second-order valence-electron chi connectivity index (χ2n) is 6.24. The van der Waals surface area contributed by atoms with Gasteiger partial charge in [-0.3, -0.25) is 9.59 Å². The minimum atomic E-state index is -0.199. The summed E-state index contributed by atoms with van der Waals surface area (Å²) < 4.78 is 0. The molecule has 26 heavy (non-hydrogen) atoms. The minimum Gasteiger partial charge on any atom is -0.352 e. The van der Waals surface area contributed by atoms with Crippen LogP contribution in [0.5, 0.6) is 0 Å². The highest BCUT2D eigenvalue weighted by Crippen LogP contribution is 2.37. The van der Waals surface area contributed by atoms with E-state index in [0.717, 1.165) is 17.0 Å². The van der Waals surface area contributed by atoms with Gasteiger partial charge in [0, 0.05) is 40.2 Å². The van der Waals surface area contributed by atoms with Gasteiger partial charge in [0.25, 0.3) is 5.91 Å². The Morgan fingerprint density at radius 1 is 1.19 bits per heavy atom. The summed E-state index contributed by atoms with van der Waals surface area (Å²) in [4.78, 5) is 27.8. The van der Waals surface area contributed by atoms with Crippen molar-refractivity contribution in [3.63, 3.8) is 0 Å². The third-order valence-corrected chi connectivity index (χ3v) is 5.76. The zero-order valence-corrected chi connectivity index (χ0v) is 16.1. The lowest BCUT2D eigenvalue weighted by molar-refractivity contribution is -0.118. The van der Waals surface area contributed by atoms with Crippen LogP contribution >= 0.6 is 23.4 Å². The van der Waals surface area contributed by atoms with E-state index in [4.69, 9.17) is 11.6 Å². The van der Waals surface area contributed by atoms with Gasteiger partial charge in [0.2, 0.25) is 5.91 Å². The van der Waals surface area contributed by atoms with E-state index in [-0.39, 0.29) is 18.2 Å². The number of hydrogen-bond acceptors (Lipinski definition) is 3. The number of carbonyl (C=O) groups excluding carboxylic acids is 2. The predicted octanol–water partition coefficient (Wildman–Crippen LogP) is 4.38. The first-order valence-corrected chi connectivity index (χ1v) is 9.90. The molecular formula is C20H21ClN2O2S. The molecule has 3 rings (SSSR count). The molecule has 1 aliphatic rings. The number of rotatable bonds is 4. The quantitative estimate of drug-likeness (QED) is 0.845. The predicted molar refractivity (Wildman–Crippen MR) is 107 cm³/mol. The molecule has 0 spiro atoms. The van der Waals surface area contributed by atoms with Crippen molar-refractivity contribution in [3.8, 4) is 0 Å². The molecule has 0 bridgehead atoms. The Hall–Kier alpha value is -1.98. The van der Waals surface area contributed by atoms with Crippen molar-refractivity contribution >= 4 is 40.9 Å². The van der Waals surface area contributed by atoms with Crippen LogP contribution in [0.1, 0.15) is 30.1 Å². The number of hydrogen-bond donors (Lipinski definition) is 1. The fourth-order valence-electron chi connectivity index (χ4n) is 2.87. The minimum absolute atomic E-state index is 0.0311. The van der Waals surface area contributed by atoms with Crippen LogP contribution in [-0.4, -0.2) is 30.2 Å². The van der Waals surface area contributed by atoms with Crippen LogP contribution in [0.3, 0.4) is 0 Å². The largest absolute Gasteiger partial charge is 0.352 e. The molecule has 1 atom stereocenters. The molecule has 0 aromatic heterocycles. The van der Waals surface area contributed by atoms with E-state index in [1.54, 1.807) is 36.0 Å². The van der Waals surface area contributed by atoms with Gasteiger partial charge in [0.1, 0.15) is 0 Å². The summed E-state index contributed by atoms with van der Waals surface area (Å²) in [5.41, 5.74) is 1.50. The SMILES string of the molecule is C[C@H]1CCN(C(=O)CCNC(=O)c2ccc(Cl)cc2)c2ccccc2S1. The number of nitrogens with one attached hydrogen (secondary N) is 1. The standard InChI is InChI=1S/C20H21ClN2O2S/c1-14-11-13-23(17-4-2-3-5-18(17)26-14)19(24)10-12-22-20(25)15-6-8-16(21)9-7-15/h2-9,14H,10-13H2,1H3,(H,22,25)/t14-/m0/s1. The average Bonchev–Trinajstić information content (AvgIpc) is 2.80. The first kappa shape index (κ1) is 18.8. The Morgan fingerprint density at radius 3 is 2.69 bits per heavy atom.